The Balaban J connectivity index is 1.65. The molecule has 1 fully saturated rings. The van der Waals surface area contributed by atoms with Crippen molar-refractivity contribution < 1.29 is 14.0 Å². The highest BCUT2D eigenvalue weighted by Crippen LogP contribution is 2.23. The molecule has 0 spiro atoms. The average molecular weight is 374 g/mol. The van der Waals surface area contributed by atoms with Crippen molar-refractivity contribution in [1.82, 2.24) is 9.80 Å². The lowest BCUT2D eigenvalue weighted by Gasteiger charge is -2.37. The van der Waals surface area contributed by atoms with Gasteiger partial charge in [0.2, 0.25) is 0 Å². The maximum absolute atomic E-state index is 13.9. The Morgan fingerprint density at radius 2 is 1.96 bits per heavy atom. The topological polar surface area (TPSA) is 40.6 Å². The van der Waals surface area contributed by atoms with E-state index in [9.17, 15) is 14.0 Å². The van der Waals surface area contributed by atoms with Gasteiger partial charge in [-0.2, -0.15) is 0 Å². The molecule has 2 heterocycles. The van der Waals surface area contributed by atoms with Gasteiger partial charge in [0.1, 0.15) is 5.82 Å². The van der Waals surface area contributed by atoms with Crippen LogP contribution in [0.3, 0.4) is 0 Å². The first-order chi connectivity index (χ1) is 12.5. The van der Waals surface area contributed by atoms with E-state index in [2.05, 4.69) is 4.90 Å². The van der Waals surface area contributed by atoms with Gasteiger partial charge in [-0.3, -0.25) is 14.5 Å². The van der Waals surface area contributed by atoms with E-state index >= 15 is 0 Å². The molecule has 6 heteroatoms. The molecule has 138 valence electrons. The zero-order chi connectivity index (χ0) is 18.7. The Labute approximate surface area is 157 Å². The van der Waals surface area contributed by atoms with E-state index in [1.807, 2.05) is 19.2 Å². The predicted octanol–water partition coefficient (Wildman–Crippen LogP) is 3.83. The van der Waals surface area contributed by atoms with Gasteiger partial charge in [-0.05, 0) is 44.5 Å². The third-order valence-corrected chi connectivity index (χ3v) is 6.04. The number of carbonyl (C=O) groups is 2. The number of halogens is 1. The predicted molar refractivity (Wildman–Crippen MR) is 101 cm³/mol. The third-order valence-electron chi connectivity index (χ3n) is 4.86. The van der Waals surface area contributed by atoms with E-state index in [1.165, 1.54) is 24.3 Å². The van der Waals surface area contributed by atoms with Crippen molar-refractivity contribution in [3.05, 3.63) is 57.5 Å². The lowest BCUT2D eigenvalue weighted by Crippen LogP contribution is -2.48. The highest BCUT2D eigenvalue weighted by Gasteiger charge is 2.27. The summed E-state index contributed by atoms with van der Waals surface area (Å²) < 4.78 is 13.9. The van der Waals surface area contributed by atoms with Gasteiger partial charge in [0.15, 0.2) is 5.78 Å². The number of hydrogen-bond donors (Lipinski definition) is 0. The lowest BCUT2D eigenvalue weighted by atomic mass is 10.0. The monoisotopic (exact) mass is 374 g/mol. The van der Waals surface area contributed by atoms with Gasteiger partial charge in [0, 0.05) is 31.7 Å². The Kier molecular flexibility index (Phi) is 5.84. The summed E-state index contributed by atoms with van der Waals surface area (Å²) in [5.74, 6) is -0.264. The first kappa shape index (κ1) is 18.7. The van der Waals surface area contributed by atoms with Gasteiger partial charge in [-0.1, -0.05) is 18.2 Å². The van der Waals surface area contributed by atoms with Crippen LogP contribution in [0.2, 0.25) is 0 Å². The van der Waals surface area contributed by atoms with Gasteiger partial charge in [0.05, 0.1) is 9.75 Å². The van der Waals surface area contributed by atoms with Crippen molar-refractivity contribution in [2.24, 2.45) is 0 Å². The third kappa shape index (κ3) is 4.19. The van der Waals surface area contributed by atoms with Gasteiger partial charge in [-0.25, -0.2) is 4.39 Å². The van der Waals surface area contributed by atoms with E-state index in [0.717, 1.165) is 25.9 Å². The molecule has 1 aromatic carbocycles. The minimum Gasteiger partial charge on any atom is -0.337 e. The summed E-state index contributed by atoms with van der Waals surface area (Å²) in [6.45, 7) is 3.69. The number of amides is 1. The zero-order valence-corrected chi connectivity index (χ0v) is 15.9. The van der Waals surface area contributed by atoms with E-state index in [1.54, 1.807) is 23.1 Å². The van der Waals surface area contributed by atoms with Crippen LogP contribution < -0.4 is 0 Å². The molecule has 0 bridgehead atoms. The second-order valence-electron chi connectivity index (χ2n) is 6.76. The highest BCUT2D eigenvalue weighted by molar-refractivity contribution is 7.15. The Hall–Kier alpha value is -2.05. The minimum atomic E-state index is -0.186. The van der Waals surface area contributed by atoms with Crippen LogP contribution in [0.1, 0.15) is 44.7 Å². The Morgan fingerprint density at radius 3 is 2.65 bits per heavy atom. The number of rotatable bonds is 5. The molecule has 4 nitrogen and oxygen atoms in total. The molecule has 0 saturated carbocycles. The first-order valence-electron chi connectivity index (χ1n) is 8.79. The van der Waals surface area contributed by atoms with Crippen LogP contribution in [-0.4, -0.2) is 47.7 Å². The maximum Gasteiger partial charge on any atom is 0.263 e. The molecule has 3 rings (SSSR count). The maximum atomic E-state index is 13.9. The molecule has 1 saturated heterocycles. The Morgan fingerprint density at radius 1 is 1.23 bits per heavy atom. The molecule has 1 amide bonds. The summed E-state index contributed by atoms with van der Waals surface area (Å²) in [5.41, 5.74) is 0.687. The van der Waals surface area contributed by atoms with Gasteiger partial charge in [0.25, 0.3) is 5.91 Å². The number of nitrogens with zero attached hydrogens (tertiary/aromatic N) is 2. The number of ketones is 1. The summed E-state index contributed by atoms with van der Waals surface area (Å²) in [6.07, 6.45) is 1.90. The van der Waals surface area contributed by atoms with Crippen LogP contribution in [-0.2, 0) is 6.54 Å². The molecular weight excluding hydrogens is 351 g/mol. The summed E-state index contributed by atoms with van der Waals surface area (Å²) in [7, 11) is 1.81. The fourth-order valence-electron chi connectivity index (χ4n) is 3.34. The van der Waals surface area contributed by atoms with Crippen LogP contribution in [0.5, 0.6) is 0 Å². The van der Waals surface area contributed by atoms with Crippen LogP contribution in [0.25, 0.3) is 0 Å². The molecule has 2 aromatic rings. The number of likely N-dealkylation sites (N-methyl/N-ethyl adjacent to an activating group) is 1. The van der Waals surface area contributed by atoms with Gasteiger partial charge < -0.3 is 4.90 Å². The van der Waals surface area contributed by atoms with E-state index in [-0.39, 0.29) is 23.5 Å². The number of thiophene rings is 1. The molecule has 0 unspecified atom stereocenters. The minimum absolute atomic E-state index is 0.0227. The zero-order valence-electron chi connectivity index (χ0n) is 15.1. The number of carbonyl (C=O) groups excluding carboxylic acids is 2. The SMILES string of the molecule is CC(=O)c1ccc(C(=O)N(C)[C@H]2CCCN(Cc3ccccc3F)C2)s1. The van der Waals surface area contributed by atoms with Gasteiger partial charge in [-0.15, -0.1) is 11.3 Å². The van der Waals surface area contributed by atoms with E-state index < -0.39 is 0 Å². The van der Waals surface area contributed by atoms with Crippen molar-refractivity contribution >= 4 is 23.0 Å². The van der Waals surface area contributed by atoms with Crippen LogP contribution in [0.4, 0.5) is 4.39 Å². The normalized spacial score (nSPS) is 17.9. The number of likely N-dealkylation sites (tertiary alicyclic amines) is 1. The van der Waals surface area contributed by atoms with Crippen molar-refractivity contribution in [2.45, 2.75) is 32.4 Å². The summed E-state index contributed by atoms with van der Waals surface area (Å²) in [5, 5.41) is 0. The van der Waals surface area contributed by atoms with Crippen molar-refractivity contribution in [1.29, 1.82) is 0 Å². The second kappa shape index (κ2) is 8.10. The van der Waals surface area contributed by atoms with E-state index in [4.69, 9.17) is 0 Å². The lowest BCUT2D eigenvalue weighted by molar-refractivity contribution is 0.0612. The quantitative estimate of drug-likeness (QED) is 0.747. The standard InChI is InChI=1S/C20H23FN2O2S/c1-14(24)18-9-10-19(26-18)20(25)22(2)16-7-5-11-23(13-16)12-15-6-3-4-8-17(15)21/h3-4,6,8-10,16H,5,7,11-13H2,1-2H3/t16-/m0/s1. The number of hydrogen-bond acceptors (Lipinski definition) is 4. The van der Waals surface area contributed by atoms with E-state index in [0.29, 0.717) is 21.9 Å². The summed E-state index contributed by atoms with van der Waals surface area (Å²) in [6, 6.07) is 10.4. The number of benzene rings is 1. The fraction of sp³-hybridized carbons (Fsp3) is 0.400. The molecule has 0 aliphatic carbocycles. The molecule has 0 radical (unpaired) electrons. The molecule has 0 N–H and O–H groups in total. The second-order valence-corrected chi connectivity index (χ2v) is 7.84. The van der Waals surface area contributed by atoms with Crippen molar-refractivity contribution in [3.63, 3.8) is 0 Å². The smallest absolute Gasteiger partial charge is 0.263 e. The largest absolute Gasteiger partial charge is 0.337 e. The molecule has 26 heavy (non-hydrogen) atoms. The van der Waals surface area contributed by atoms with Crippen LogP contribution in [0.15, 0.2) is 36.4 Å². The summed E-state index contributed by atoms with van der Waals surface area (Å²) in [4.78, 5) is 29.3. The van der Waals surface area contributed by atoms with Crippen LogP contribution in [0, 0.1) is 5.82 Å². The molecule has 1 aromatic heterocycles. The van der Waals surface area contributed by atoms with Gasteiger partial charge >= 0.3 is 0 Å². The number of Topliss-reactive ketones (excluding diaryl/α,β-unsaturated/α-hetero) is 1. The van der Waals surface area contributed by atoms with Crippen molar-refractivity contribution in [3.8, 4) is 0 Å². The van der Waals surface area contributed by atoms with Crippen LogP contribution >= 0.6 is 11.3 Å². The molecule has 1 atom stereocenters. The summed E-state index contributed by atoms with van der Waals surface area (Å²) >= 11 is 1.24. The number of piperidine rings is 1. The highest BCUT2D eigenvalue weighted by atomic mass is 32.1. The molecule has 1 aliphatic heterocycles. The first-order valence-corrected chi connectivity index (χ1v) is 9.61. The fourth-order valence-corrected chi connectivity index (χ4v) is 4.22. The molecule has 1 aliphatic rings. The van der Waals surface area contributed by atoms with Crippen molar-refractivity contribution in [2.75, 3.05) is 20.1 Å². The molecular formula is C20H23FN2O2S. The average Bonchev–Trinajstić information content (AvgIpc) is 3.13. The Bertz CT molecular complexity index is 805.